The van der Waals surface area contributed by atoms with E-state index in [1.807, 2.05) is 6.20 Å². The molecule has 0 amide bonds. The normalized spacial score (nSPS) is 21.9. The summed E-state index contributed by atoms with van der Waals surface area (Å²) in [6.45, 7) is 1.10. The first kappa shape index (κ1) is 7.87. The third-order valence-corrected chi connectivity index (χ3v) is 2.66. The number of hydrogen-bond donors (Lipinski definition) is 2. The maximum Gasteiger partial charge on any atom is 0.201 e. The van der Waals surface area contributed by atoms with Gasteiger partial charge in [-0.05, 0) is 31.0 Å². The Hall–Kier alpha value is -1.49. The van der Waals surface area contributed by atoms with Crippen molar-refractivity contribution in [2.75, 3.05) is 6.54 Å². The van der Waals surface area contributed by atoms with Gasteiger partial charge in [0, 0.05) is 12.2 Å². The molecule has 5 heteroatoms. The van der Waals surface area contributed by atoms with Gasteiger partial charge in [0.1, 0.15) is 5.52 Å². The molecule has 0 aromatic carbocycles. The lowest BCUT2D eigenvalue weighted by atomic mass is 10.1. The van der Waals surface area contributed by atoms with Crippen LogP contribution in [0.5, 0.6) is 0 Å². The molecule has 2 aromatic rings. The third-order valence-electron chi connectivity index (χ3n) is 2.66. The largest absolute Gasteiger partial charge is 0.310 e. The van der Waals surface area contributed by atoms with E-state index in [1.165, 1.54) is 18.4 Å². The summed E-state index contributed by atoms with van der Waals surface area (Å²) in [5, 5.41) is 13.9. The van der Waals surface area contributed by atoms with Gasteiger partial charge in [-0.3, -0.25) is 0 Å². The first-order valence-electron chi connectivity index (χ1n) is 4.83. The number of hydrogen-bond acceptors (Lipinski definition) is 4. The number of nitrogens with one attached hydrogen (secondary N) is 2. The van der Waals surface area contributed by atoms with Gasteiger partial charge in [-0.1, -0.05) is 0 Å². The second-order valence-electron chi connectivity index (χ2n) is 3.58. The van der Waals surface area contributed by atoms with E-state index in [4.69, 9.17) is 0 Å². The van der Waals surface area contributed by atoms with E-state index in [0.717, 1.165) is 12.1 Å². The number of aromatic nitrogens is 4. The Morgan fingerprint density at radius 3 is 3.21 bits per heavy atom. The average molecular weight is 189 g/mol. The molecule has 72 valence electrons. The first-order chi connectivity index (χ1) is 6.93. The third kappa shape index (κ3) is 1.17. The highest BCUT2D eigenvalue weighted by Gasteiger charge is 2.17. The van der Waals surface area contributed by atoms with Crippen LogP contribution in [0, 0.1) is 0 Å². The van der Waals surface area contributed by atoms with Crippen LogP contribution in [0.4, 0.5) is 0 Å². The summed E-state index contributed by atoms with van der Waals surface area (Å²) in [7, 11) is 0. The molecule has 2 N–H and O–H groups in total. The molecule has 1 aliphatic rings. The summed E-state index contributed by atoms with van der Waals surface area (Å²) < 4.78 is 0. The van der Waals surface area contributed by atoms with E-state index < -0.39 is 0 Å². The van der Waals surface area contributed by atoms with Gasteiger partial charge in [0.25, 0.3) is 0 Å². The van der Waals surface area contributed by atoms with E-state index in [0.29, 0.717) is 11.7 Å². The number of pyridine rings is 1. The number of rotatable bonds is 1. The summed E-state index contributed by atoms with van der Waals surface area (Å²) in [6, 6.07) is 2.50. The summed E-state index contributed by atoms with van der Waals surface area (Å²) >= 11 is 0. The van der Waals surface area contributed by atoms with E-state index in [1.54, 1.807) is 0 Å². The fourth-order valence-corrected chi connectivity index (χ4v) is 1.92. The summed E-state index contributed by atoms with van der Waals surface area (Å²) in [5.74, 6) is 0. The Balaban J connectivity index is 2.04. The van der Waals surface area contributed by atoms with Crippen molar-refractivity contribution in [3.8, 4) is 0 Å². The predicted molar refractivity (Wildman–Crippen MR) is 51.7 cm³/mol. The highest BCUT2D eigenvalue weighted by molar-refractivity contribution is 5.69. The summed E-state index contributed by atoms with van der Waals surface area (Å²) in [6.07, 6.45) is 4.31. The van der Waals surface area contributed by atoms with Crippen LogP contribution in [-0.4, -0.2) is 26.9 Å². The molecule has 0 radical (unpaired) electrons. The summed E-state index contributed by atoms with van der Waals surface area (Å²) in [4.78, 5) is 4.24. The Morgan fingerprint density at radius 2 is 2.36 bits per heavy atom. The fraction of sp³-hybridized carbons (Fsp3) is 0.444. The van der Waals surface area contributed by atoms with Crippen LogP contribution in [0.1, 0.15) is 24.4 Å². The van der Waals surface area contributed by atoms with Crippen molar-refractivity contribution in [1.82, 2.24) is 25.7 Å². The molecule has 2 aromatic heterocycles. The minimum absolute atomic E-state index is 0.448. The van der Waals surface area contributed by atoms with Gasteiger partial charge >= 0.3 is 0 Å². The van der Waals surface area contributed by atoms with Crippen LogP contribution in [0.25, 0.3) is 11.2 Å². The Morgan fingerprint density at radius 1 is 1.36 bits per heavy atom. The maximum atomic E-state index is 4.24. The molecule has 0 bridgehead atoms. The Kier molecular flexibility index (Phi) is 1.70. The van der Waals surface area contributed by atoms with Gasteiger partial charge in [-0.2, -0.15) is 10.3 Å². The molecule has 1 aliphatic heterocycles. The molecule has 14 heavy (non-hydrogen) atoms. The number of H-pyrrole nitrogens is 1. The minimum atomic E-state index is 0.448. The van der Waals surface area contributed by atoms with E-state index in [9.17, 15) is 0 Å². The van der Waals surface area contributed by atoms with Gasteiger partial charge in [-0.15, -0.1) is 5.10 Å². The average Bonchev–Trinajstić information content (AvgIpc) is 2.88. The SMILES string of the molecule is c1nc2n[nH]nc2cc1C1CCCN1. The minimum Gasteiger partial charge on any atom is -0.310 e. The molecule has 0 saturated carbocycles. The van der Waals surface area contributed by atoms with Crippen molar-refractivity contribution >= 4 is 11.2 Å². The van der Waals surface area contributed by atoms with Gasteiger partial charge in [0.2, 0.25) is 5.65 Å². The molecule has 3 rings (SSSR count). The van der Waals surface area contributed by atoms with Gasteiger partial charge in [-0.25, -0.2) is 4.98 Å². The van der Waals surface area contributed by atoms with Crippen LogP contribution >= 0.6 is 0 Å². The number of nitrogens with zero attached hydrogens (tertiary/aromatic N) is 3. The molecule has 0 spiro atoms. The molecule has 1 atom stereocenters. The Bertz CT molecular complexity index is 443. The zero-order chi connectivity index (χ0) is 9.38. The smallest absolute Gasteiger partial charge is 0.201 e. The van der Waals surface area contributed by atoms with Crippen molar-refractivity contribution < 1.29 is 0 Å². The molecule has 5 nitrogen and oxygen atoms in total. The zero-order valence-corrected chi connectivity index (χ0v) is 7.70. The van der Waals surface area contributed by atoms with E-state index in [-0.39, 0.29) is 0 Å². The number of fused-ring (bicyclic) bond motifs is 1. The van der Waals surface area contributed by atoms with Crippen molar-refractivity contribution in [2.45, 2.75) is 18.9 Å². The second kappa shape index (κ2) is 3.02. The molecule has 0 aliphatic carbocycles. The predicted octanol–water partition coefficient (Wildman–Crippen LogP) is 0.777. The molecule has 1 unspecified atom stereocenters. The first-order valence-corrected chi connectivity index (χ1v) is 4.83. The molecule has 1 saturated heterocycles. The highest BCUT2D eigenvalue weighted by atomic mass is 15.3. The van der Waals surface area contributed by atoms with Crippen molar-refractivity contribution in [3.63, 3.8) is 0 Å². The van der Waals surface area contributed by atoms with Crippen molar-refractivity contribution in [3.05, 3.63) is 17.8 Å². The topological polar surface area (TPSA) is 66.5 Å². The molecular formula is C9H11N5. The standard InChI is InChI=1S/C9H11N5/c1-2-7(10-3-1)6-4-8-9(11-5-6)13-14-12-8/h4-5,7,10H,1-3H2,(H,11,12,13,14). The van der Waals surface area contributed by atoms with Crippen LogP contribution in [-0.2, 0) is 0 Å². The van der Waals surface area contributed by atoms with Gasteiger partial charge in [0.15, 0.2) is 0 Å². The lowest BCUT2D eigenvalue weighted by Gasteiger charge is -2.08. The number of aromatic amines is 1. The summed E-state index contributed by atoms with van der Waals surface area (Å²) in [5.41, 5.74) is 2.74. The van der Waals surface area contributed by atoms with Crippen molar-refractivity contribution in [2.24, 2.45) is 0 Å². The Labute approximate surface area is 80.9 Å². The van der Waals surface area contributed by atoms with Gasteiger partial charge < -0.3 is 5.32 Å². The quantitative estimate of drug-likeness (QED) is 0.695. The van der Waals surface area contributed by atoms with Crippen LogP contribution < -0.4 is 5.32 Å². The molecule has 1 fully saturated rings. The zero-order valence-electron chi connectivity index (χ0n) is 7.70. The second-order valence-corrected chi connectivity index (χ2v) is 3.58. The molecular weight excluding hydrogens is 178 g/mol. The van der Waals surface area contributed by atoms with Crippen molar-refractivity contribution in [1.29, 1.82) is 0 Å². The van der Waals surface area contributed by atoms with Crippen LogP contribution in [0.3, 0.4) is 0 Å². The van der Waals surface area contributed by atoms with E-state index >= 15 is 0 Å². The highest BCUT2D eigenvalue weighted by Crippen LogP contribution is 2.23. The fourth-order valence-electron chi connectivity index (χ4n) is 1.92. The molecule has 3 heterocycles. The maximum absolute atomic E-state index is 4.24. The lowest BCUT2D eigenvalue weighted by Crippen LogP contribution is -2.12. The lowest BCUT2D eigenvalue weighted by molar-refractivity contribution is 0.646. The van der Waals surface area contributed by atoms with Crippen LogP contribution in [0.2, 0.25) is 0 Å². The monoisotopic (exact) mass is 189 g/mol. The van der Waals surface area contributed by atoms with E-state index in [2.05, 4.69) is 31.8 Å². The van der Waals surface area contributed by atoms with Gasteiger partial charge in [0.05, 0.1) is 0 Å². The van der Waals surface area contributed by atoms with Crippen LogP contribution in [0.15, 0.2) is 12.3 Å².